The average Bonchev–Trinajstić information content (AvgIpc) is 3.50. The first kappa shape index (κ1) is 41.9. The minimum atomic E-state index is 0.616. The number of hydrogen-bond acceptors (Lipinski definition) is 3. The summed E-state index contributed by atoms with van der Waals surface area (Å²) in [7, 11) is 0. The van der Waals surface area contributed by atoms with Crippen molar-refractivity contribution in [2.45, 2.75) is 168 Å². The maximum atomic E-state index is 6.09. The zero-order valence-electron chi connectivity index (χ0n) is 30.3. The second kappa shape index (κ2) is 35.7. The van der Waals surface area contributed by atoms with Gasteiger partial charge in [0.25, 0.3) is 0 Å². The third-order valence-corrected chi connectivity index (χ3v) is 9.12. The van der Waals surface area contributed by atoms with Crippen LogP contribution < -0.4 is 5.32 Å². The van der Waals surface area contributed by atoms with E-state index in [1.54, 1.807) is 0 Å². The Labute approximate surface area is 282 Å². The lowest BCUT2D eigenvalue weighted by atomic mass is 9.98. The molecule has 1 aliphatic heterocycles. The first-order valence-electron chi connectivity index (χ1n) is 19.8. The monoisotopic (exact) mass is 628 g/mol. The van der Waals surface area contributed by atoms with Gasteiger partial charge in [0.05, 0.1) is 13.2 Å². The van der Waals surface area contributed by atoms with E-state index in [4.69, 9.17) is 9.47 Å². The summed E-state index contributed by atoms with van der Waals surface area (Å²) in [5.41, 5.74) is 0. The summed E-state index contributed by atoms with van der Waals surface area (Å²) in [5.74, 6) is 1.23. The van der Waals surface area contributed by atoms with Gasteiger partial charge < -0.3 is 14.8 Å². The van der Waals surface area contributed by atoms with E-state index in [-0.39, 0.29) is 0 Å². The van der Waals surface area contributed by atoms with Crippen molar-refractivity contribution in [1.29, 1.82) is 0 Å². The summed E-state index contributed by atoms with van der Waals surface area (Å²) in [5, 5.41) is 3.56. The minimum Gasteiger partial charge on any atom is -0.381 e. The minimum absolute atomic E-state index is 0.616. The van der Waals surface area contributed by atoms with Crippen LogP contribution in [0.3, 0.4) is 0 Å². The third kappa shape index (κ3) is 30.0. The zero-order chi connectivity index (χ0) is 32.1. The molecule has 0 saturated carbocycles. The van der Waals surface area contributed by atoms with Gasteiger partial charge in [-0.1, -0.05) is 140 Å². The maximum absolute atomic E-state index is 6.09. The van der Waals surface area contributed by atoms with Crippen LogP contribution >= 0.6 is 0 Å². The second-order valence-corrected chi connectivity index (χ2v) is 13.5. The molecule has 0 aromatic carbocycles. The van der Waals surface area contributed by atoms with Gasteiger partial charge in [-0.05, 0) is 77.0 Å². The van der Waals surface area contributed by atoms with Crippen LogP contribution in [0.25, 0.3) is 0 Å². The van der Waals surface area contributed by atoms with Gasteiger partial charge >= 0.3 is 0 Å². The predicted molar refractivity (Wildman–Crippen MR) is 200 cm³/mol. The van der Waals surface area contributed by atoms with Crippen LogP contribution in [0.2, 0.25) is 0 Å². The van der Waals surface area contributed by atoms with Crippen molar-refractivity contribution in [1.82, 2.24) is 5.32 Å². The summed E-state index contributed by atoms with van der Waals surface area (Å²) in [4.78, 5) is 0. The molecular formula is C42H77NO2. The van der Waals surface area contributed by atoms with Crippen LogP contribution in [0, 0.1) is 11.8 Å². The van der Waals surface area contributed by atoms with Crippen molar-refractivity contribution in [3.63, 3.8) is 0 Å². The topological polar surface area (TPSA) is 30.5 Å². The zero-order valence-corrected chi connectivity index (χ0v) is 30.3. The first-order valence-corrected chi connectivity index (χ1v) is 19.8. The van der Waals surface area contributed by atoms with Gasteiger partial charge in [-0.15, -0.1) is 0 Å². The average molecular weight is 628 g/mol. The summed E-state index contributed by atoms with van der Waals surface area (Å²) in [6.07, 6.45) is 49.9. The predicted octanol–water partition coefficient (Wildman–Crippen LogP) is 12.5. The highest BCUT2D eigenvalue weighted by Crippen LogP contribution is 2.18. The molecule has 1 rings (SSSR count). The van der Waals surface area contributed by atoms with E-state index in [9.17, 15) is 0 Å². The van der Waals surface area contributed by atoms with E-state index in [1.165, 1.54) is 141 Å². The Hall–Kier alpha value is -1.16. The molecule has 3 heteroatoms. The van der Waals surface area contributed by atoms with E-state index in [0.717, 1.165) is 52.4 Å². The Morgan fingerprint density at radius 1 is 0.422 bits per heavy atom. The molecule has 0 spiro atoms. The Balaban J connectivity index is 1.83. The van der Waals surface area contributed by atoms with E-state index in [1.807, 2.05) is 0 Å². The van der Waals surface area contributed by atoms with Crippen molar-refractivity contribution in [2.75, 3.05) is 39.5 Å². The maximum Gasteiger partial charge on any atom is 0.0510 e. The van der Waals surface area contributed by atoms with Gasteiger partial charge in [0, 0.05) is 38.1 Å². The molecule has 0 aromatic heterocycles. The van der Waals surface area contributed by atoms with Crippen molar-refractivity contribution < 1.29 is 9.47 Å². The highest BCUT2D eigenvalue weighted by molar-refractivity contribution is 4.93. The Bertz CT molecular complexity index is 639. The SMILES string of the molecule is CCCCCC=CCC=CCCCCCCCCOCC1CNC[C@H]1COCCCCCCCCC=CCC=CCCCCC. The molecule has 1 fully saturated rings. The molecule has 1 N–H and O–H groups in total. The van der Waals surface area contributed by atoms with Crippen LogP contribution in [0.15, 0.2) is 48.6 Å². The number of ether oxygens (including phenoxy) is 2. The molecule has 0 aromatic rings. The van der Waals surface area contributed by atoms with E-state index < -0.39 is 0 Å². The fourth-order valence-electron chi connectivity index (χ4n) is 6.03. The molecule has 3 nitrogen and oxygen atoms in total. The van der Waals surface area contributed by atoms with E-state index >= 15 is 0 Å². The quantitative estimate of drug-likeness (QED) is 0.0569. The molecule has 0 amide bonds. The summed E-state index contributed by atoms with van der Waals surface area (Å²) in [6, 6.07) is 0. The number of rotatable bonds is 34. The fraction of sp³-hybridized carbons (Fsp3) is 0.810. The fourth-order valence-corrected chi connectivity index (χ4v) is 6.03. The lowest BCUT2D eigenvalue weighted by molar-refractivity contribution is 0.0482. The molecule has 45 heavy (non-hydrogen) atoms. The number of allylic oxidation sites excluding steroid dienone is 8. The van der Waals surface area contributed by atoms with Crippen LogP contribution in [-0.2, 0) is 9.47 Å². The van der Waals surface area contributed by atoms with Gasteiger partial charge in [-0.3, -0.25) is 0 Å². The van der Waals surface area contributed by atoms with Gasteiger partial charge in [0.1, 0.15) is 0 Å². The molecule has 262 valence electrons. The Morgan fingerprint density at radius 3 is 1.13 bits per heavy atom. The summed E-state index contributed by atoms with van der Waals surface area (Å²) in [6.45, 7) is 10.3. The summed E-state index contributed by atoms with van der Waals surface area (Å²) < 4.78 is 12.2. The molecule has 1 unspecified atom stereocenters. The van der Waals surface area contributed by atoms with E-state index in [2.05, 4.69) is 67.8 Å². The summed E-state index contributed by atoms with van der Waals surface area (Å²) >= 11 is 0. The van der Waals surface area contributed by atoms with Crippen LogP contribution in [-0.4, -0.2) is 39.5 Å². The smallest absolute Gasteiger partial charge is 0.0510 e. The van der Waals surface area contributed by atoms with Crippen LogP contribution in [0.1, 0.15) is 168 Å². The number of unbranched alkanes of at least 4 members (excludes halogenated alkanes) is 18. The molecule has 2 atom stereocenters. The molecule has 0 aliphatic carbocycles. The largest absolute Gasteiger partial charge is 0.381 e. The molecule has 1 saturated heterocycles. The van der Waals surface area contributed by atoms with Gasteiger partial charge in [0.2, 0.25) is 0 Å². The Kier molecular flexibility index (Phi) is 33.2. The molecule has 0 radical (unpaired) electrons. The lowest BCUT2D eigenvalue weighted by Crippen LogP contribution is -2.23. The van der Waals surface area contributed by atoms with Crippen molar-refractivity contribution in [2.24, 2.45) is 11.8 Å². The van der Waals surface area contributed by atoms with Gasteiger partial charge in [-0.25, -0.2) is 0 Å². The Morgan fingerprint density at radius 2 is 0.756 bits per heavy atom. The molecule has 0 bridgehead atoms. The van der Waals surface area contributed by atoms with E-state index in [0.29, 0.717) is 11.8 Å². The lowest BCUT2D eigenvalue weighted by Gasteiger charge is -2.18. The van der Waals surface area contributed by atoms with Crippen molar-refractivity contribution in [3.8, 4) is 0 Å². The van der Waals surface area contributed by atoms with Crippen molar-refractivity contribution >= 4 is 0 Å². The highest BCUT2D eigenvalue weighted by atomic mass is 16.5. The third-order valence-electron chi connectivity index (χ3n) is 9.12. The first-order chi connectivity index (χ1) is 22.4. The molecule has 1 heterocycles. The molecular weight excluding hydrogens is 550 g/mol. The van der Waals surface area contributed by atoms with Crippen molar-refractivity contribution in [3.05, 3.63) is 48.6 Å². The van der Waals surface area contributed by atoms with Crippen LogP contribution in [0.4, 0.5) is 0 Å². The highest BCUT2D eigenvalue weighted by Gasteiger charge is 2.27. The number of nitrogens with one attached hydrogen (secondary N) is 1. The van der Waals surface area contributed by atoms with Crippen LogP contribution in [0.5, 0.6) is 0 Å². The normalized spacial score (nSPS) is 17.4. The standard InChI is InChI=1S/C42H77NO2/c1-3-5-7-9-11-13-15-17-19-21-23-25-27-29-31-33-35-44-39-41-37-43-38-42(41)40-45-36-34-32-30-28-26-24-22-20-18-16-14-12-10-8-6-4-2/h11-14,17-20,41-43H,3-10,15-16,21-40H2,1-2H3/t41-,42?/m0/s1. The second-order valence-electron chi connectivity index (χ2n) is 13.5. The van der Waals surface area contributed by atoms with Gasteiger partial charge in [0.15, 0.2) is 0 Å². The number of hydrogen-bond donors (Lipinski definition) is 1. The molecule has 1 aliphatic rings. The van der Waals surface area contributed by atoms with Gasteiger partial charge in [-0.2, -0.15) is 0 Å².